The van der Waals surface area contributed by atoms with Gasteiger partial charge in [-0.05, 0) is 35.7 Å². The molecule has 0 aromatic heterocycles. The zero-order valence-corrected chi connectivity index (χ0v) is 14.7. The first-order valence-corrected chi connectivity index (χ1v) is 8.38. The molecular weight excluding hydrogens is 379 g/mol. The van der Waals surface area contributed by atoms with Crippen molar-refractivity contribution in [2.75, 3.05) is 6.54 Å². The van der Waals surface area contributed by atoms with Gasteiger partial charge in [0.1, 0.15) is 18.5 Å². The summed E-state index contributed by atoms with van der Waals surface area (Å²) >= 11 is 0. The predicted octanol–water partition coefficient (Wildman–Crippen LogP) is 3.12. The van der Waals surface area contributed by atoms with Crippen molar-refractivity contribution in [3.05, 3.63) is 65.2 Å². The van der Waals surface area contributed by atoms with Gasteiger partial charge in [0, 0.05) is 6.54 Å². The summed E-state index contributed by atoms with van der Waals surface area (Å²) in [7, 11) is 0. The van der Waals surface area contributed by atoms with Crippen LogP contribution >= 0.6 is 0 Å². The van der Waals surface area contributed by atoms with E-state index in [0.29, 0.717) is 12.1 Å². The summed E-state index contributed by atoms with van der Waals surface area (Å²) in [6, 6.07) is 11.1. The molecule has 0 saturated heterocycles. The van der Waals surface area contributed by atoms with Gasteiger partial charge in [-0.15, -0.1) is 0 Å². The Morgan fingerprint density at radius 3 is 2.43 bits per heavy atom. The van der Waals surface area contributed by atoms with Gasteiger partial charge in [0.2, 0.25) is 0 Å². The second-order valence-corrected chi connectivity index (χ2v) is 6.10. The quantitative estimate of drug-likeness (QED) is 0.573. The number of aliphatic hydroxyl groups is 2. The maximum Gasteiger partial charge on any atom is 0.416 e. The number of aliphatic hydroxyl groups excluding tert-OH is 2. The largest absolute Gasteiger partial charge is 0.508 e. The van der Waals surface area contributed by atoms with Crippen LogP contribution < -0.4 is 5.32 Å². The number of nitrogens with one attached hydrogen (secondary N) is 1. The Hall–Kier alpha value is -2.78. The minimum absolute atomic E-state index is 0.0569. The molecule has 1 amide bonds. The first-order chi connectivity index (χ1) is 13.2. The van der Waals surface area contributed by atoms with Crippen molar-refractivity contribution in [1.82, 2.24) is 5.32 Å². The third-order valence-corrected chi connectivity index (χ3v) is 3.90. The van der Waals surface area contributed by atoms with E-state index >= 15 is 0 Å². The number of amides is 1. The van der Waals surface area contributed by atoms with Crippen molar-refractivity contribution in [1.29, 1.82) is 0 Å². The molecule has 6 nitrogen and oxygen atoms in total. The first kappa shape index (κ1) is 21.5. The molecule has 2 rings (SSSR count). The smallest absolute Gasteiger partial charge is 0.416 e. The van der Waals surface area contributed by atoms with Crippen molar-refractivity contribution >= 4 is 6.09 Å². The lowest BCUT2D eigenvalue weighted by Gasteiger charge is -2.20. The average molecular weight is 399 g/mol. The molecule has 9 heteroatoms. The molecule has 2 atom stereocenters. The Labute approximate surface area is 159 Å². The van der Waals surface area contributed by atoms with E-state index in [9.17, 15) is 33.3 Å². The van der Waals surface area contributed by atoms with Crippen molar-refractivity contribution in [2.45, 2.75) is 31.4 Å². The van der Waals surface area contributed by atoms with Crippen LogP contribution in [0.25, 0.3) is 0 Å². The third-order valence-electron chi connectivity index (χ3n) is 3.90. The van der Waals surface area contributed by atoms with Gasteiger partial charge in [0.25, 0.3) is 0 Å². The Bertz CT molecular complexity index is 783. The van der Waals surface area contributed by atoms with Crippen LogP contribution in [0.15, 0.2) is 48.5 Å². The molecular formula is C19H20F3NO5. The lowest BCUT2D eigenvalue weighted by molar-refractivity contribution is -0.137. The van der Waals surface area contributed by atoms with Crippen LogP contribution in [-0.2, 0) is 17.5 Å². The molecule has 4 N–H and O–H groups in total. The summed E-state index contributed by atoms with van der Waals surface area (Å²) in [5, 5.41) is 31.8. The van der Waals surface area contributed by atoms with E-state index in [1.165, 1.54) is 0 Å². The third kappa shape index (κ3) is 6.43. The van der Waals surface area contributed by atoms with Gasteiger partial charge >= 0.3 is 12.3 Å². The van der Waals surface area contributed by atoms with E-state index in [1.54, 1.807) is 24.3 Å². The van der Waals surface area contributed by atoms with E-state index in [1.807, 2.05) is 6.07 Å². The summed E-state index contributed by atoms with van der Waals surface area (Å²) in [6.45, 7) is -0.0157. The topological polar surface area (TPSA) is 99.0 Å². The van der Waals surface area contributed by atoms with Crippen molar-refractivity contribution in [3.63, 3.8) is 0 Å². The van der Waals surface area contributed by atoms with Gasteiger partial charge in [0.15, 0.2) is 0 Å². The molecule has 0 aliphatic rings. The molecule has 0 heterocycles. The molecule has 0 radical (unpaired) electrons. The number of alkyl halides is 3. The molecule has 0 spiro atoms. The Morgan fingerprint density at radius 2 is 1.79 bits per heavy atom. The highest BCUT2D eigenvalue weighted by atomic mass is 19.4. The average Bonchev–Trinajstić information content (AvgIpc) is 2.65. The maximum atomic E-state index is 12.8. The Balaban J connectivity index is 1.83. The van der Waals surface area contributed by atoms with Crippen LogP contribution in [0.2, 0.25) is 0 Å². The van der Waals surface area contributed by atoms with Crippen LogP contribution in [-0.4, -0.2) is 34.1 Å². The number of ether oxygens (including phenoxy) is 1. The van der Waals surface area contributed by atoms with E-state index in [2.05, 4.69) is 5.32 Å². The molecule has 0 aliphatic carbocycles. The molecule has 28 heavy (non-hydrogen) atoms. The number of hydrogen-bond donors (Lipinski definition) is 4. The van der Waals surface area contributed by atoms with Gasteiger partial charge in [-0.25, -0.2) is 4.79 Å². The highest BCUT2D eigenvalue weighted by Crippen LogP contribution is 2.34. The van der Waals surface area contributed by atoms with Crippen LogP contribution in [0, 0.1) is 0 Å². The molecule has 152 valence electrons. The lowest BCUT2D eigenvalue weighted by atomic mass is 9.99. The van der Waals surface area contributed by atoms with Crippen molar-refractivity contribution in [2.24, 2.45) is 0 Å². The normalized spacial score (nSPS) is 13.6. The standard InChI is InChI=1S/C19H20F3NO5/c20-19(21,22)14-8-13(9-15(24)10-14)17(26)16(25)6-7-23-18(27)28-11-12-4-2-1-3-5-12/h1-5,8-10,16-17,24-26H,6-7,11H2,(H,23,27). The molecule has 2 aromatic rings. The number of aromatic hydroxyl groups is 1. The van der Waals surface area contributed by atoms with Gasteiger partial charge < -0.3 is 25.4 Å². The Morgan fingerprint density at radius 1 is 1.11 bits per heavy atom. The number of alkyl carbamates (subject to hydrolysis) is 1. The van der Waals surface area contributed by atoms with E-state index in [0.717, 1.165) is 11.6 Å². The number of phenolic OH excluding ortho intramolecular Hbond substituents is 1. The number of benzene rings is 2. The monoisotopic (exact) mass is 399 g/mol. The van der Waals surface area contributed by atoms with Gasteiger partial charge in [-0.2, -0.15) is 13.2 Å². The van der Waals surface area contributed by atoms with Gasteiger partial charge in [0.05, 0.1) is 11.7 Å². The number of phenols is 1. The summed E-state index contributed by atoms with van der Waals surface area (Å²) in [4.78, 5) is 11.6. The van der Waals surface area contributed by atoms with Crippen molar-refractivity contribution in [3.8, 4) is 5.75 Å². The fourth-order valence-electron chi connectivity index (χ4n) is 2.45. The summed E-state index contributed by atoms with van der Waals surface area (Å²) in [6.07, 6.45) is -8.71. The first-order valence-electron chi connectivity index (χ1n) is 8.38. The fourth-order valence-corrected chi connectivity index (χ4v) is 2.45. The molecule has 0 bridgehead atoms. The molecule has 2 unspecified atom stereocenters. The SMILES string of the molecule is O=C(NCCC(O)C(O)c1cc(O)cc(C(F)(F)F)c1)OCc1ccccc1. The summed E-state index contributed by atoms with van der Waals surface area (Å²) < 4.78 is 43.3. The lowest BCUT2D eigenvalue weighted by Crippen LogP contribution is -2.29. The maximum absolute atomic E-state index is 12.8. The van der Waals surface area contributed by atoms with Gasteiger partial charge in [-0.1, -0.05) is 30.3 Å². The van der Waals surface area contributed by atoms with Crippen LogP contribution in [0.5, 0.6) is 5.75 Å². The number of carbonyl (C=O) groups is 1. The van der Waals surface area contributed by atoms with E-state index in [-0.39, 0.29) is 25.1 Å². The number of halogens is 3. The zero-order valence-electron chi connectivity index (χ0n) is 14.7. The molecule has 0 saturated carbocycles. The summed E-state index contributed by atoms with van der Waals surface area (Å²) in [5.41, 5.74) is -0.639. The number of carbonyl (C=O) groups excluding carboxylic acids is 1. The number of hydrogen-bond acceptors (Lipinski definition) is 5. The fraction of sp³-hybridized carbons (Fsp3) is 0.316. The predicted molar refractivity (Wildman–Crippen MR) is 93.3 cm³/mol. The number of rotatable bonds is 7. The van der Waals surface area contributed by atoms with Crippen LogP contribution in [0.4, 0.5) is 18.0 Å². The molecule has 2 aromatic carbocycles. The summed E-state index contributed by atoms with van der Waals surface area (Å²) in [5.74, 6) is -0.682. The minimum atomic E-state index is -4.71. The highest BCUT2D eigenvalue weighted by molar-refractivity contribution is 5.67. The van der Waals surface area contributed by atoms with E-state index in [4.69, 9.17) is 4.74 Å². The van der Waals surface area contributed by atoms with Crippen LogP contribution in [0.3, 0.4) is 0 Å². The molecule has 0 fully saturated rings. The minimum Gasteiger partial charge on any atom is -0.508 e. The zero-order chi connectivity index (χ0) is 20.7. The van der Waals surface area contributed by atoms with Crippen molar-refractivity contribution < 1.29 is 38.0 Å². The highest BCUT2D eigenvalue weighted by Gasteiger charge is 2.32. The Kier molecular flexibility index (Phi) is 7.24. The van der Waals surface area contributed by atoms with E-state index < -0.39 is 35.8 Å². The van der Waals surface area contributed by atoms with Gasteiger partial charge in [-0.3, -0.25) is 0 Å². The van der Waals surface area contributed by atoms with Crippen LogP contribution in [0.1, 0.15) is 29.2 Å². The second kappa shape index (κ2) is 9.43. The second-order valence-electron chi connectivity index (χ2n) is 6.10. The molecule has 0 aliphatic heterocycles.